The third kappa shape index (κ3) is 4.17. The Kier molecular flexibility index (Phi) is 5.12. The molecular weight excluding hydrogens is 200 g/mol. The van der Waals surface area contributed by atoms with Gasteiger partial charge in [-0.25, -0.2) is 0 Å². The average Bonchev–Trinajstić information content (AvgIpc) is 2.28. The highest BCUT2D eigenvalue weighted by molar-refractivity contribution is 5.80. The number of carbonyl (C=O) groups is 1. The van der Waals surface area contributed by atoms with Gasteiger partial charge in [0.2, 0.25) is 5.91 Å². The molecule has 0 saturated heterocycles. The van der Waals surface area contributed by atoms with Gasteiger partial charge in [0.05, 0.1) is 6.42 Å². The summed E-state index contributed by atoms with van der Waals surface area (Å²) in [6, 6.07) is 7.44. The third-order valence-electron chi connectivity index (χ3n) is 2.27. The van der Waals surface area contributed by atoms with Gasteiger partial charge in [-0.2, -0.15) is 0 Å². The van der Waals surface area contributed by atoms with Crippen LogP contribution in [0.1, 0.15) is 18.9 Å². The number of carbonyl (C=O) groups excluding carboxylic acids is 1. The molecule has 0 radical (unpaired) electrons. The van der Waals surface area contributed by atoms with E-state index in [1.807, 2.05) is 43.3 Å². The molecule has 0 spiro atoms. The highest BCUT2D eigenvalue weighted by atomic mass is 16.1. The molecule has 0 aromatic heterocycles. The van der Waals surface area contributed by atoms with E-state index in [1.54, 1.807) is 0 Å². The maximum atomic E-state index is 11.5. The van der Waals surface area contributed by atoms with E-state index < -0.39 is 0 Å². The maximum absolute atomic E-state index is 11.5. The van der Waals surface area contributed by atoms with Crippen molar-refractivity contribution in [2.45, 2.75) is 19.8 Å². The van der Waals surface area contributed by atoms with Crippen molar-refractivity contribution < 1.29 is 4.79 Å². The Bertz CT molecular complexity index is 372. The van der Waals surface area contributed by atoms with Crippen molar-refractivity contribution in [2.75, 3.05) is 12.3 Å². The van der Waals surface area contributed by atoms with Crippen LogP contribution in [0.15, 0.2) is 36.4 Å². The van der Waals surface area contributed by atoms with Crippen molar-refractivity contribution in [3.63, 3.8) is 0 Å². The van der Waals surface area contributed by atoms with Crippen LogP contribution in [0.5, 0.6) is 0 Å². The minimum absolute atomic E-state index is 0.0161. The largest absolute Gasteiger partial charge is 0.398 e. The minimum atomic E-state index is 0.0161. The van der Waals surface area contributed by atoms with Crippen LogP contribution in [-0.2, 0) is 11.2 Å². The van der Waals surface area contributed by atoms with Gasteiger partial charge in [-0.3, -0.25) is 4.79 Å². The smallest absolute Gasteiger partial charge is 0.224 e. The molecule has 0 aliphatic carbocycles. The fourth-order valence-corrected chi connectivity index (χ4v) is 1.39. The van der Waals surface area contributed by atoms with Crippen LogP contribution in [0.3, 0.4) is 0 Å². The summed E-state index contributed by atoms with van der Waals surface area (Å²) in [5.41, 5.74) is 7.31. The first-order valence-corrected chi connectivity index (χ1v) is 5.45. The Hall–Kier alpha value is -1.77. The number of hydrogen-bond acceptors (Lipinski definition) is 2. The molecule has 16 heavy (non-hydrogen) atoms. The molecule has 0 bridgehead atoms. The number of nitrogens with one attached hydrogen (secondary N) is 1. The van der Waals surface area contributed by atoms with Gasteiger partial charge in [-0.05, 0) is 25.0 Å². The normalized spacial score (nSPS) is 10.6. The predicted octanol–water partition coefficient (Wildman–Crippen LogP) is 1.89. The van der Waals surface area contributed by atoms with Crippen LogP contribution >= 0.6 is 0 Å². The van der Waals surface area contributed by atoms with Gasteiger partial charge < -0.3 is 11.1 Å². The summed E-state index contributed by atoms with van der Waals surface area (Å²) in [4.78, 5) is 11.5. The minimum Gasteiger partial charge on any atom is -0.398 e. The van der Waals surface area contributed by atoms with Crippen molar-refractivity contribution >= 4 is 11.6 Å². The number of rotatable bonds is 5. The molecule has 0 aliphatic rings. The second-order valence-corrected chi connectivity index (χ2v) is 3.58. The summed E-state index contributed by atoms with van der Waals surface area (Å²) in [6.45, 7) is 2.64. The van der Waals surface area contributed by atoms with E-state index in [0.717, 1.165) is 12.0 Å². The Balaban J connectivity index is 2.37. The summed E-state index contributed by atoms with van der Waals surface area (Å²) in [5, 5.41) is 2.85. The molecule has 1 rings (SSSR count). The number of amides is 1. The van der Waals surface area contributed by atoms with Crippen molar-refractivity contribution in [3.05, 3.63) is 42.0 Å². The van der Waals surface area contributed by atoms with Gasteiger partial charge in [-0.1, -0.05) is 30.4 Å². The molecule has 1 amide bonds. The molecule has 0 heterocycles. The number of hydrogen-bond donors (Lipinski definition) is 2. The molecule has 0 fully saturated rings. The van der Waals surface area contributed by atoms with Crippen molar-refractivity contribution in [1.82, 2.24) is 5.32 Å². The van der Waals surface area contributed by atoms with Gasteiger partial charge >= 0.3 is 0 Å². The molecule has 86 valence electrons. The molecule has 0 aliphatic heterocycles. The number of benzene rings is 1. The molecule has 3 nitrogen and oxygen atoms in total. The fourth-order valence-electron chi connectivity index (χ4n) is 1.39. The average molecular weight is 218 g/mol. The van der Waals surface area contributed by atoms with E-state index >= 15 is 0 Å². The highest BCUT2D eigenvalue weighted by Gasteiger charge is 2.04. The van der Waals surface area contributed by atoms with E-state index in [4.69, 9.17) is 5.73 Å². The Morgan fingerprint density at radius 2 is 2.19 bits per heavy atom. The van der Waals surface area contributed by atoms with Crippen LogP contribution in [-0.4, -0.2) is 12.5 Å². The highest BCUT2D eigenvalue weighted by Crippen LogP contribution is 2.10. The lowest BCUT2D eigenvalue weighted by Gasteiger charge is -2.05. The van der Waals surface area contributed by atoms with E-state index in [2.05, 4.69) is 5.32 Å². The third-order valence-corrected chi connectivity index (χ3v) is 2.27. The van der Waals surface area contributed by atoms with E-state index in [1.165, 1.54) is 0 Å². The zero-order valence-electron chi connectivity index (χ0n) is 9.57. The molecule has 1 aromatic carbocycles. The topological polar surface area (TPSA) is 55.1 Å². The second-order valence-electron chi connectivity index (χ2n) is 3.58. The van der Waals surface area contributed by atoms with Gasteiger partial charge in [-0.15, -0.1) is 0 Å². The van der Waals surface area contributed by atoms with Crippen LogP contribution in [0.25, 0.3) is 0 Å². The summed E-state index contributed by atoms with van der Waals surface area (Å²) >= 11 is 0. The number of nitrogens with two attached hydrogens (primary N) is 1. The lowest BCUT2D eigenvalue weighted by atomic mass is 10.1. The monoisotopic (exact) mass is 218 g/mol. The Morgan fingerprint density at radius 1 is 1.44 bits per heavy atom. The molecule has 3 heteroatoms. The second kappa shape index (κ2) is 6.67. The first-order chi connectivity index (χ1) is 7.74. The molecule has 3 N–H and O–H groups in total. The zero-order valence-corrected chi connectivity index (χ0v) is 9.57. The predicted molar refractivity (Wildman–Crippen MR) is 67.0 cm³/mol. The summed E-state index contributed by atoms with van der Waals surface area (Å²) in [6.07, 6.45) is 5.22. The van der Waals surface area contributed by atoms with Gasteiger partial charge in [0.15, 0.2) is 0 Å². The van der Waals surface area contributed by atoms with Crippen LogP contribution in [0, 0.1) is 0 Å². The molecule has 0 atom stereocenters. The Labute approximate surface area is 96.3 Å². The Morgan fingerprint density at radius 3 is 2.88 bits per heavy atom. The molecular formula is C13H18N2O. The van der Waals surface area contributed by atoms with Gasteiger partial charge in [0.25, 0.3) is 0 Å². The van der Waals surface area contributed by atoms with Crippen molar-refractivity contribution in [3.8, 4) is 0 Å². The number of nitrogen functional groups attached to an aromatic ring is 1. The first kappa shape index (κ1) is 12.3. The maximum Gasteiger partial charge on any atom is 0.224 e. The van der Waals surface area contributed by atoms with Gasteiger partial charge in [0, 0.05) is 12.2 Å². The SMILES string of the molecule is C/C=C/CCNC(=O)Cc1ccccc1N. The zero-order chi connectivity index (χ0) is 11.8. The summed E-state index contributed by atoms with van der Waals surface area (Å²) in [5.74, 6) is 0.0161. The van der Waals surface area contributed by atoms with Crippen LogP contribution in [0.2, 0.25) is 0 Å². The lowest BCUT2D eigenvalue weighted by Crippen LogP contribution is -2.26. The number of para-hydroxylation sites is 1. The molecule has 1 aromatic rings. The standard InChI is InChI=1S/C13H18N2O/c1-2-3-6-9-15-13(16)10-11-7-4-5-8-12(11)14/h2-5,7-8H,6,9-10,14H2,1H3,(H,15,16)/b3-2+. The van der Waals surface area contributed by atoms with Crippen molar-refractivity contribution in [2.24, 2.45) is 0 Å². The lowest BCUT2D eigenvalue weighted by molar-refractivity contribution is -0.120. The van der Waals surface area contributed by atoms with Crippen molar-refractivity contribution in [1.29, 1.82) is 0 Å². The number of allylic oxidation sites excluding steroid dienone is 1. The first-order valence-electron chi connectivity index (χ1n) is 5.45. The molecule has 0 saturated carbocycles. The fraction of sp³-hybridized carbons (Fsp3) is 0.308. The summed E-state index contributed by atoms with van der Waals surface area (Å²) < 4.78 is 0. The van der Waals surface area contributed by atoms with Crippen LogP contribution < -0.4 is 11.1 Å². The summed E-state index contributed by atoms with van der Waals surface area (Å²) in [7, 11) is 0. The van der Waals surface area contributed by atoms with Gasteiger partial charge in [0.1, 0.15) is 0 Å². The number of anilines is 1. The quantitative estimate of drug-likeness (QED) is 0.450. The van der Waals surface area contributed by atoms with E-state index in [0.29, 0.717) is 18.7 Å². The van der Waals surface area contributed by atoms with Crippen LogP contribution in [0.4, 0.5) is 5.69 Å². The molecule has 0 unspecified atom stereocenters. The van der Waals surface area contributed by atoms with E-state index in [9.17, 15) is 4.79 Å². The van der Waals surface area contributed by atoms with E-state index in [-0.39, 0.29) is 5.91 Å².